The highest BCUT2D eigenvalue weighted by molar-refractivity contribution is 5.80. The van der Waals surface area contributed by atoms with E-state index in [4.69, 9.17) is 4.74 Å². The third kappa shape index (κ3) is 4.79. The smallest absolute Gasteiger partial charge is 0.251 e. The molecule has 2 rings (SSSR count). The van der Waals surface area contributed by atoms with E-state index < -0.39 is 0 Å². The summed E-state index contributed by atoms with van der Waals surface area (Å²) >= 11 is 0. The molecule has 1 heterocycles. The van der Waals surface area contributed by atoms with Crippen molar-refractivity contribution in [3.8, 4) is 0 Å². The van der Waals surface area contributed by atoms with E-state index in [0.29, 0.717) is 18.7 Å². The SMILES string of the molecule is CCO[C@@H](C)C(=O)N(C)[C@@H]1CCN(Cc2ccccc2)[C@H](C)C1. The van der Waals surface area contributed by atoms with Crippen molar-refractivity contribution in [3.63, 3.8) is 0 Å². The van der Waals surface area contributed by atoms with E-state index in [-0.39, 0.29) is 12.0 Å². The zero-order chi connectivity index (χ0) is 16.8. The standard InChI is InChI=1S/C19H30N2O2/c1-5-23-16(3)19(22)20(4)18-11-12-21(15(2)13-18)14-17-9-7-6-8-10-17/h6-10,15-16,18H,5,11-14H2,1-4H3/t15-,16+,18-/m1/s1. The summed E-state index contributed by atoms with van der Waals surface area (Å²) in [5.41, 5.74) is 1.35. The molecule has 0 N–H and O–H groups in total. The lowest BCUT2D eigenvalue weighted by molar-refractivity contribution is -0.144. The number of likely N-dealkylation sites (tertiary alicyclic amines) is 1. The summed E-state index contributed by atoms with van der Waals surface area (Å²) in [6.45, 7) is 8.62. The number of hydrogen-bond donors (Lipinski definition) is 0. The zero-order valence-corrected chi connectivity index (χ0v) is 14.9. The molecule has 23 heavy (non-hydrogen) atoms. The van der Waals surface area contributed by atoms with Gasteiger partial charge in [-0.3, -0.25) is 9.69 Å². The fourth-order valence-electron chi connectivity index (χ4n) is 3.39. The Hall–Kier alpha value is -1.39. The van der Waals surface area contributed by atoms with Crippen molar-refractivity contribution in [2.45, 2.75) is 58.3 Å². The molecule has 1 aromatic rings. The van der Waals surface area contributed by atoms with Crippen LogP contribution >= 0.6 is 0 Å². The quantitative estimate of drug-likeness (QED) is 0.808. The second-order valence-electron chi connectivity index (χ2n) is 6.53. The molecule has 1 amide bonds. The van der Waals surface area contributed by atoms with Crippen LogP contribution in [0.1, 0.15) is 39.2 Å². The molecule has 0 aromatic heterocycles. The summed E-state index contributed by atoms with van der Waals surface area (Å²) in [4.78, 5) is 16.8. The molecule has 3 atom stereocenters. The van der Waals surface area contributed by atoms with E-state index in [1.807, 2.05) is 25.8 Å². The fourth-order valence-corrected chi connectivity index (χ4v) is 3.39. The molecule has 0 bridgehead atoms. The van der Waals surface area contributed by atoms with Crippen LogP contribution in [0, 0.1) is 0 Å². The van der Waals surface area contributed by atoms with Crippen molar-refractivity contribution < 1.29 is 9.53 Å². The molecule has 0 saturated carbocycles. The van der Waals surface area contributed by atoms with Crippen molar-refractivity contribution >= 4 is 5.91 Å². The number of nitrogens with zero attached hydrogens (tertiary/aromatic N) is 2. The van der Waals surface area contributed by atoms with Gasteiger partial charge in [-0.2, -0.15) is 0 Å². The third-order valence-electron chi connectivity index (χ3n) is 4.87. The van der Waals surface area contributed by atoms with Gasteiger partial charge in [0.25, 0.3) is 5.91 Å². The molecule has 128 valence electrons. The van der Waals surface area contributed by atoms with Gasteiger partial charge in [0, 0.05) is 38.8 Å². The average molecular weight is 318 g/mol. The minimum atomic E-state index is -0.345. The second-order valence-corrected chi connectivity index (χ2v) is 6.53. The summed E-state index contributed by atoms with van der Waals surface area (Å²) in [7, 11) is 1.92. The van der Waals surface area contributed by atoms with E-state index in [1.165, 1.54) is 5.56 Å². The first-order valence-electron chi connectivity index (χ1n) is 8.69. The van der Waals surface area contributed by atoms with Crippen LogP contribution in [0.2, 0.25) is 0 Å². The molecule has 1 aliphatic heterocycles. The van der Waals surface area contributed by atoms with Crippen LogP contribution in [0.4, 0.5) is 0 Å². The maximum Gasteiger partial charge on any atom is 0.251 e. The average Bonchev–Trinajstić information content (AvgIpc) is 2.56. The Kier molecular flexibility index (Phi) is 6.60. The molecule has 1 aromatic carbocycles. The Morgan fingerprint density at radius 1 is 1.39 bits per heavy atom. The number of likely N-dealkylation sites (N-methyl/N-ethyl adjacent to an activating group) is 1. The first-order chi connectivity index (χ1) is 11.0. The highest BCUT2D eigenvalue weighted by Gasteiger charge is 2.31. The Morgan fingerprint density at radius 3 is 2.70 bits per heavy atom. The minimum absolute atomic E-state index is 0.0977. The zero-order valence-electron chi connectivity index (χ0n) is 14.9. The molecular weight excluding hydrogens is 288 g/mol. The number of carbonyl (C=O) groups excluding carboxylic acids is 1. The predicted octanol–water partition coefficient (Wildman–Crippen LogP) is 2.92. The molecule has 1 fully saturated rings. The van der Waals surface area contributed by atoms with E-state index in [9.17, 15) is 4.79 Å². The molecule has 0 radical (unpaired) electrons. The van der Waals surface area contributed by atoms with E-state index in [1.54, 1.807) is 0 Å². The molecule has 0 aliphatic carbocycles. The Balaban J connectivity index is 1.89. The monoisotopic (exact) mass is 318 g/mol. The number of hydrogen-bond acceptors (Lipinski definition) is 3. The first-order valence-corrected chi connectivity index (χ1v) is 8.69. The normalized spacial score (nSPS) is 23.5. The van der Waals surface area contributed by atoms with E-state index in [2.05, 4.69) is 42.2 Å². The largest absolute Gasteiger partial charge is 0.369 e. The van der Waals surface area contributed by atoms with E-state index in [0.717, 1.165) is 25.9 Å². The maximum absolute atomic E-state index is 12.4. The number of benzene rings is 1. The lowest BCUT2D eigenvalue weighted by atomic mass is 9.96. The first kappa shape index (κ1) is 18.0. The van der Waals surface area contributed by atoms with Gasteiger partial charge < -0.3 is 9.64 Å². The van der Waals surface area contributed by atoms with Crippen molar-refractivity contribution in [2.75, 3.05) is 20.2 Å². The van der Waals surface area contributed by atoms with Gasteiger partial charge in [-0.15, -0.1) is 0 Å². The molecular formula is C19H30N2O2. The van der Waals surface area contributed by atoms with Crippen LogP contribution in [0.15, 0.2) is 30.3 Å². The highest BCUT2D eigenvalue weighted by Crippen LogP contribution is 2.23. The van der Waals surface area contributed by atoms with Crippen LogP contribution in [0.25, 0.3) is 0 Å². The second kappa shape index (κ2) is 8.46. The molecule has 0 unspecified atom stereocenters. The number of amides is 1. The van der Waals surface area contributed by atoms with Crippen molar-refractivity contribution in [1.29, 1.82) is 0 Å². The van der Waals surface area contributed by atoms with Gasteiger partial charge in [0.2, 0.25) is 0 Å². The highest BCUT2D eigenvalue weighted by atomic mass is 16.5. The number of rotatable bonds is 6. The maximum atomic E-state index is 12.4. The number of piperidine rings is 1. The summed E-state index contributed by atoms with van der Waals surface area (Å²) in [5.74, 6) is 0.0977. The van der Waals surface area contributed by atoms with Gasteiger partial charge in [-0.25, -0.2) is 0 Å². The van der Waals surface area contributed by atoms with E-state index >= 15 is 0 Å². The lowest BCUT2D eigenvalue weighted by Gasteiger charge is -2.41. The van der Waals surface area contributed by atoms with Crippen LogP contribution < -0.4 is 0 Å². The van der Waals surface area contributed by atoms with Crippen LogP contribution in [0.5, 0.6) is 0 Å². The van der Waals surface area contributed by atoms with Gasteiger partial charge >= 0.3 is 0 Å². The number of ether oxygens (including phenoxy) is 1. The Bertz CT molecular complexity index is 491. The molecule has 4 nitrogen and oxygen atoms in total. The van der Waals surface area contributed by atoms with Crippen molar-refractivity contribution in [3.05, 3.63) is 35.9 Å². The van der Waals surface area contributed by atoms with Gasteiger partial charge in [0.1, 0.15) is 6.10 Å². The lowest BCUT2D eigenvalue weighted by Crippen LogP contribution is -2.51. The summed E-state index contributed by atoms with van der Waals surface area (Å²) in [6, 6.07) is 11.4. The molecule has 1 saturated heterocycles. The molecule has 4 heteroatoms. The third-order valence-corrected chi connectivity index (χ3v) is 4.87. The van der Waals surface area contributed by atoms with Crippen molar-refractivity contribution in [1.82, 2.24) is 9.80 Å². The van der Waals surface area contributed by atoms with Crippen LogP contribution in [-0.4, -0.2) is 54.1 Å². The molecule has 0 spiro atoms. The molecule has 1 aliphatic rings. The Morgan fingerprint density at radius 2 is 2.09 bits per heavy atom. The van der Waals surface area contributed by atoms with Crippen LogP contribution in [0.3, 0.4) is 0 Å². The van der Waals surface area contributed by atoms with Gasteiger partial charge in [0.05, 0.1) is 0 Å². The van der Waals surface area contributed by atoms with Crippen LogP contribution in [-0.2, 0) is 16.1 Å². The van der Waals surface area contributed by atoms with Gasteiger partial charge in [-0.05, 0) is 39.2 Å². The fraction of sp³-hybridized carbons (Fsp3) is 0.632. The van der Waals surface area contributed by atoms with Gasteiger partial charge in [-0.1, -0.05) is 30.3 Å². The van der Waals surface area contributed by atoms with Crippen molar-refractivity contribution in [2.24, 2.45) is 0 Å². The summed E-state index contributed by atoms with van der Waals surface area (Å²) < 4.78 is 5.44. The van der Waals surface area contributed by atoms with Gasteiger partial charge in [0.15, 0.2) is 0 Å². The number of carbonyl (C=O) groups is 1. The summed E-state index contributed by atoms with van der Waals surface area (Å²) in [6.07, 6.45) is 1.70. The minimum Gasteiger partial charge on any atom is -0.369 e. The topological polar surface area (TPSA) is 32.8 Å². The predicted molar refractivity (Wildman–Crippen MR) is 93.2 cm³/mol. The summed E-state index contributed by atoms with van der Waals surface area (Å²) in [5, 5.41) is 0. The Labute approximate surface area is 140 Å².